The Balaban J connectivity index is 1.71. The number of ether oxygens (including phenoxy) is 2. The van der Waals surface area contributed by atoms with Crippen molar-refractivity contribution in [2.75, 3.05) is 26.1 Å². The number of hydrogen-bond donors (Lipinski definition) is 1. The first kappa shape index (κ1) is 19.3. The molecule has 2 aromatic rings. The molecule has 0 bridgehead atoms. The van der Waals surface area contributed by atoms with Crippen LogP contribution in [0.4, 0.5) is 5.69 Å². The molecule has 2 aliphatic rings. The van der Waals surface area contributed by atoms with Crippen molar-refractivity contribution in [1.29, 1.82) is 0 Å². The molecule has 1 N–H and O–H groups in total. The van der Waals surface area contributed by atoms with Crippen LogP contribution >= 0.6 is 0 Å². The molecule has 0 radical (unpaired) electrons. The van der Waals surface area contributed by atoms with E-state index in [-0.39, 0.29) is 17.9 Å². The van der Waals surface area contributed by atoms with E-state index in [1.807, 2.05) is 29.2 Å². The molecule has 1 fully saturated rings. The number of nitrogens with one attached hydrogen (secondary N) is 1. The number of nitrogens with zero attached hydrogens (tertiary/aromatic N) is 1. The zero-order chi connectivity index (χ0) is 20.5. The highest BCUT2D eigenvalue weighted by Gasteiger charge is 2.45. The average molecular weight is 394 g/mol. The van der Waals surface area contributed by atoms with Crippen LogP contribution in [0.15, 0.2) is 42.5 Å². The highest BCUT2D eigenvalue weighted by Crippen LogP contribution is 2.40. The molecule has 6 heteroatoms. The van der Waals surface area contributed by atoms with Gasteiger partial charge in [-0.3, -0.25) is 9.59 Å². The Morgan fingerprint density at radius 2 is 1.93 bits per heavy atom. The molecule has 2 amide bonds. The molecule has 4 rings (SSSR count). The second-order valence-corrected chi connectivity index (χ2v) is 7.82. The zero-order valence-corrected chi connectivity index (χ0v) is 17.0. The minimum atomic E-state index is -0.418. The lowest BCUT2D eigenvalue weighted by Crippen LogP contribution is -2.54. The van der Waals surface area contributed by atoms with Crippen molar-refractivity contribution in [3.05, 3.63) is 53.6 Å². The van der Waals surface area contributed by atoms with Crippen LogP contribution in [-0.4, -0.2) is 43.5 Å². The predicted molar refractivity (Wildman–Crippen MR) is 111 cm³/mol. The third-order valence-corrected chi connectivity index (χ3v) is 6.03. The van der Waals surface area contributed by atoms with Gasteiger partial charge in [-0.25, -0.2) is 0 Å². The Hall–Kier alpha value is -3.02. The van der Waals surface area contributed by atoms with Crippen LogP contribution < -0.4 is 14.8 Å². The van der Waals surface area contributed by atoms with E-state index in [4.69, 9.17) is 9.47 Å². The molecule has 0 spiro atoms. The standard InChI is InChI=1S/C23H26N2O4/c1-14-10-11-25-19(12-14)21(16-6-4-5-7-17(16)23(25)27)22(26)24-18-9-8-15(28-2)13-20(18)29-3/h4-9,13-14,19,21H,10-12H2,1-3H3,(H,24,26)/t14-,19-,21-/m1/s1. The van der Waals surface area contributed by atoms with Gasteiger partial charge in [0, 0.05) is 24.2 Å². The first-order chi connectivity index (χ1) is 14.0. The second kappa shape index (κ2) is 7.78. The first-order valence-electron chi connectivity index (χ1n) is 9.96. The summed E-state index contributed by atoms with van der Waals surface area (Å²) in [6.07, 6.45) is 1.78. The van der Waals surface area contributed by atoms with Crippen molar-refractivity contribution < 1.29 is 19.1 Å². The number of benzene rings is 2. The van der Waals surface area contributed by atoms with Crippen LogP contribution in [0.2, 0.25) is 0 Å². The van der Waals surface area contributed by atoms with Crippen LogP contribution in [0.25, 0.3) is 0 Å². The van der Waals surface area contributed by atoms with E-state index in [9.17, 15) is 9.59 Å². The van der Waals surface area contributed by atoms with Gasteiger partial charge in [-0.1, -0.05) is 25.1 Å². The van der Waals surface area contributed by atoms with Crippen molar-refractivity contribution in [2.45, 2.75) is 31.7 Å². The van der Waals surface area contributed by atoms with E-state index in [1.54, 1.807) is 32.4 Å². The Kier molecular flexibility index (Phi) is 5.18. The Morgan fingerprint density at radius 3 is 2.69 bits per heavy atom. The highest BCUT2D eigenvalue weighted by molar-refractivity contribution is 6.04. The van der Waals surface area contributed by atoms with Crippen molar-refractivity contribution in [3.63, 3.8) is 0 Å². The van der Waals surface area contributed by atoms with Crippen molar-refractivity contribution in [3.8, 4) is 11.5 Å². The van der Waals surface area contributed by atoms with Gasteiger partial charge >= 0.3 is 0 Å². The summed E-state index contributed by atoms with van der Waals surface area (Å²) < 4.78 is 10.7. The maximum Gasteiger partial charge on any atom is 0.254 e. The van der Waals surface area contributed by atoms with E-state index in [0.717, 1.165) is 18.4 Å². The molecule has 0 aromatic heterocycles. The SMILES string of the molecule is COc1ccc(NC(=O)[C@@H]2c3ccccc3C(=O)N3CC[C@@H](C)C[C@H]23)c(OC)c1. The summed E-state index contributed by atoms with van der Waals surface area (Å²) in [6.45, 7) is 2.87. The predicted octanol–water partition coefficient (Wildman–Crippen LogP) is 3.68. The van der Waals surface area contributed by atoms with E-state index >= 15 is 0 Å². The number of amides is 2. The number of rotatable bonds is 4. The van der Waals surface area contributed by atoms with Gasteiger partial charge in [0.1, 0.15) is 11.5 Å². The molecule has 0 saturated carbocycles. The molecule has 3 atom stereocenters. The molecule has 1 saturated heterocycles. The van der Waals surface area contributed by atoms with Gasteiger partial charge in [0.15, 0.2) is 0 Å². The van der Waals surface area contributed by atoms with E-state index in [1.165, 1.54) is 0 Å². The van der Waals surface area contributed by atoms with Crippen LogP contribution in [-0.2, 0) is 4.79 Å². The van der Waals surface area contributed by atoms with Gasteiger partial charge < -0.3 is 19.7 Å². The van der Waals surface area contributed by atoms with Crippen molar-refractivity contribution in [2.24, 2.45) is 5.92 Å². The summed E-state index contributed by atoms with van der Waals surface area (Å²) >= 11 is 0. The minimum Gasteiger partial charge on any atom is -0.497 e. The summed E-state index contributed by atoms with van der Waals surface area (Å²) in [5.74, 6) is 1.15. The largest absolute Gasteiger partial charge is 0.497 e. The smallest absolute Gasteiger partial charge is 0.254 e. The van der Waals surface area contributed by atoms with E-state index < -0.39 is 5.92 Å². The van der Waals surface area contributed by atoms with Gasteiger partial charge in [-0.05, 0) is 42.5 Å². The quantitative estimate of drug-likeness (QED) is 0.859. The second-order valence-electron chi connectivity index (χ2n) is 7.82. The number of fused-ring (bicyclic) bond motifs is 2. The lowest BCUT2D eigenvalue weighted by atomic mass is 9.76. The number of piperidine rings is 1. The third-order valence-electron chi connectivity index (χ3n) is 6.03. The molecule has 0 aliphatic carbocycles. The topological polar surface area (TPSA) is 67.9 Å². The number of carbonyl (C=O) groups is 2. The van der Waals surface area contributed by atoms with E-state index in [0.29, 0.717) is 35.2 Å². The summed E-state index contributed by atoms with van der Waals surface area (Å²) in [4.78, 5) is 28.4. The average Bonchev–Trinajstić information content (AvgIpc) is 2.74. The van der Waals surface area contributed by atoms with Crippen molar-refractivity contribution in [1.82, 2.24) is 4.90 Å². The van der Waals surface area contributed by atoms with Crippen LogP contribution in [0.1, 0.15) is 41.6 Å². The number of hydrogen-bond acceptors (Lipinski definition) is 4. The maximum atomic E-state index is 13.5. The summed E-state index contributed by atoms with van der Waals surface area (Å²) in [5.41, 5.74) is 2.01. The molecular formula is C23H26N2O4. The van der Waals surface area contributed by atoms with Crippen LogP contribution in [0.5, 0.6) is 11.5 Å². The fraction of sp³-hybridized carbons (Fsp3) is 0.391. The zero-order valence-electron chi connectivity index (χ0n) is 17.0. The third kappa shape index (κ3) is 3.43. The fourth-order valence-corrected chi connectivity index (χ4v) is 4.50. The Labute approximate surface area is 170 Å². The summed E-state index contributed by atoms with van der Waals surface area (Å²) in [6, 6.07) is 12.6. The maximum absolute atomic E-state index is 13.5. The number of methoxy groups -OCH3 is 2. The van der Waals surface area contributed by atoms with Gasteiger partial charge in [0.25, 0.3) is 5.91 Å². The highest BCUT2D eigenvalue weighted by atomic mass is 16.5. The fourth-order valence-electron chi connectivity index (χ4n) is 4.50. The molecule has 0 unspecified atom stereocenters. The molecule has 152 valence electrons. The van der Waals surface area contributed by atoms with Gasteiger partial charge in [-0.2, -0.15) is 0 Å². The molecule has 6 nitrogen and oxygen atoms in total. The van der Waals surface area contributed by atoms with Crippen LogP contribution in [0, 0.1) is 5.92 Å². The summed E-state index contributed by atoms with van der Waals surface area (Å²) in [5, 5.41) is 3.03. The first-order valence-corrected chi connectivity index (χ1v) is 9.96. The molecule has 2 aliphatic heterocycles. The normalized spacial score (nSPS) is 23.1. The van der Waals surface area contributed by atoms with Crippen LogP contribution in [0.3, 0.4) is 0 Å². The number of carbonyl (C=O) groups excluding carboxylic acids is 2. The Bertz CT molecular complexity index is 942. The molecule has 2 heterocycles. The molecule has 29 heavy (non-hydrogen) atoms. The summed E-state index contributed by atoms with van der Waals surface area (Å²) in [7, 11) is 3.14. The molecule has 2 aromatic carbocycles. The molecular weight excluding hydrogens is 368 g/mol. The van der Waals surface area contributed by atoms with E-state index in [2.05, 4.69) is 12.2 Å². The minimum absolute atomic E-state index is 0.0311. The lowest BCUT2D eigenvalue weighted by Gasteiger charge is -2.46. The van der Waals surface area contributed by atoms with Gasteiger partial charge in [0.05, 0.1) is 25.8 Å². The van der Waals surface area contributed by atoms with Gasteiger partial charge in [0.2, 0.25) is 5.91 Å². The van der Waals surface area contributed by atoms with Gasteiger partial charge in [-0.15, -0.1) is 0 Å². The Morgan fingerprint density at radius 1 is 1.14 bits per heavy atom. The number of anilines is 1. The van der Waals surface area contributed by atoms with Crippen molar-refractivity contribution >= 4 is 17.5 Å². The monoisotopic (exact) mass is 394 g/mol. The lowest BCUT2D eigenvalue weighted by molar-refractivity contribution is -0.119.